The molecule has 0 radical (unpaired) electrons. The van der Waals surface area contributed by atoms with Crippen molar-refractivity contribution in [1.82, 2.24) is 10.2 Å². The van der Waals surface area contributed by atoms with E-state index in [0.717, 1.165) is 0 Å². The number of nitrogens with zero attached hydrogens (tertiary/aromatic N) is 2. The van der Waals surface area contributed by atoms with Gasteiger partial charge in [0.2, 0.25) is 5.96 Å². The van der Waals surface area contributed by atoms with E-state index < -0.39 is 5.97 Å². The molecule has 0 atom stereocenters. The first-order valence-electron chi connectivity index (χ1n) is 6.64. The van der Waals surface area contributed by atoms with Crippen LogP contribution in [0.5, 0.6) is 0 Å². The number of carbonyl (C=O) groups excluding carboxylic acids is 1. The van der Waals surface area contributed by atoms with Gasteiger partial charge < -0.3 is 26.8 Å². The third kappa shape index (κ3) is 10.3. The molecule has 0 spiro atoms. The third-order valence-corrected chi connectivity index (χ3v) is 2.32. The summed E-state index contributed by atoms with van der Waals surface area (Å²) < 4.78 is 0. The topological polar surface area (TPSA) is 158 Å². The van der Waals surface area contributed by atoms with Crippen LogP contribution in [-0.4, -0.2) is 54.4 Å². The van der Waals surface area contributed by atoms with Crippen molar-refractivity contribution in [2.24, 2.45) is 16.5 Å². The molecule has 0 saturated carbocycles. The summed E-state index contributed by atoms with van der Waals surface area (Å²) in [6.45, 7) is 0.156. The van der Waals surface area contributed by atoms with Crippen LogP contribution in [0.15, 0.2) is 35.3 Å². The molecule has 0 bridgehead atoms. The predicted molar refractivity (Wildman–Crippen MR) is 88.3 cm³/mol. The van der Waals surface area contributed by atoms with Crippen LogP contribution in [0.25, 0.3) is 0 Å². The van der Waals surface area contributed by atoms with Gasteiger partial charge in [0.15, 0.2) is 5.96 Å². The Morgan fingerprint density at radius 1 is 1.26 bits per heavy atom. The molecule has 9 nitrogen and oxygen atoms in total. The van der Waals surface area contributed by atoms with E-state index in [9.17, 15) is 9.59 Å². The molecule has 1 rings (SSSR count). The summed E-state index contributed by atoms with van der Waals surface area (Å²) in [4.78, 5) is 26.4. The largest absolute Gasteiger partial charge is 0.481 e. The number of carboxylic acid groups (broad SMARTS) is 1. The van der Waals surface area contributed by atoms with Crippen LogP contribution in [0.4, 0.5) is 0 Å². The number of benzene rings is 1. The van der Waals surface area contributed by atoms with Crippen molar-refractivity contribution >= 4 is 23.8 Å². The fourth-order valence-electron chi connectivity index (χ4n) is 1.20. The molecule has 0 aliphatic rings. The van der Waals surface area contributed by atoms with E-state index in [1.807, 2.05) is 6.07 Å². The average Bonchev–Trinajstić information content (AvgIpc) is 2.47. The lowest BCUT2D eigenvalue weighted by Gasteiger charge is -2.07. The van der Waals surface area contributed by atoms with Gasteiger partial charge in [0.1, 0.15) is 0 Å². The van der Waals surface area contributed by atoms with E-state index >= 15 is 0 Å². The predicted octanol–water partition coefficient (Wildman–Crippen LogP) is -0.353. The van der Waals surface area contributed by atoms with Gasteiger partial charge in [-0.25, -0.2) is 0 Å². The number of rotatable bonds is 4. The minimum absolute atomic E-state index is 0.0509. The van der Waals surface area contributed by atoms with Crippen molar-refractivity contribution in [2.45, 2.75) is 6.42 Å². The van der Waals surface area contributed by atoms with Gasteiger partial charge in [-0.05, 0) is 12.1 Å². The molecule has 7 N–H and O–H groups in total. The van der Waals surface area contributed by atoms with Gasteiger partial charge in [-0.15, -0.1) is 0 Å². The van der Waals surface area contributed by atoms with Crippen LogP contribution >= 0.6 is 0 Å². The first-order valence-corrected chi connectivity index (χ1v) is 6.64. The van der Waals surface area contributed by atoms with Gasteiger partial charge >= 0.3 is 5.97 Å². The number of carbonyl (C=O) groups is 2. The van der Waals surface area contributed by atoms with Gasteiger partial charge in [-0.1, -0.05) is 18.2 Å². The number of nitrogens with one attached hydrogen (secondary N) is 2. The van der Waals surface area contributed by atoms with Crippen LogP contribution in [0.3, 0.4) is 0 Å². The highest BCUT2D eigenvalue weighted by Gasteiger charge is 2.04. The number of aliphatic imine (C=N–C) groups is 1. The number of guanidine groups is 2. The molecular weight excluding hydrogens is 300 g/mol. The van der Waals surface area contributed by atoms with E-state index in [0.29, 0.717) is 5.56 Å². The zero-order chi connectivity index (χ0) is 17.8. The van der Waals surface area contributed by atoms with Crippen molar-refractivity contribution < 1.29 is 14.7 Å². The van der Waals surface area contributed by atoms with Crippen LogP contribution in [0, 0.1) is 5.41 Å². The molecule has 9 heteroatoms. The number of hydrogen-bond acceptors (Lipinski definition) is 3. The monoisotopic (exact) mass is 322 g/mol. The highest BCUT2D eigenvalue weighted by molar-refractivity contribution is 5.94. The van der Waals surface area contributed by atoms with Gasteiger partial charge in [0.05, 0.1) is 6.42 Å². The number of hydrogen-bond donors (Lipinski definition) is 5. The van der Waals surface area contributed by atoms with Crippen molar-refractivity contribution in [1.29, 1.82) is 5.41 Å². The summed E-state index contributed by atoms with van der Waals surface area (Å²) in [6, 6.07) is 8.68. The quantitative estimate of drug-likeness (QED) is 0.376. The summed E-state index contributed by atoms with van der Waals surface area (Å²) in [5.41, 5.74) is 10.5. The minimum Gasteiger partial charge on any atom is -0.481 e. The Bertz CT molecular complexity index is 553. The number of nitrogens with two attached hydrogens (primary N) is 2. The Hall–Kier alpha value is -3.10. The normalized spacial score (nSPS) is 8.96. The maximum Gasteiger partial charge on any atom is 0.305 e. The zero-order valence-corrected chi connectivity index (χ0v) is 13.1. The molecule has 1 amide bonds. The summed E-state index contributed by atoms with van der Waals surface area (Å²) in [6.07, 6.45) is -0.0570. The first-order chi connectivity index (χ1) is 10.7. The molecular formula is C14H22N6O3. The average molecular weight is 322 g/mol. The zero-order valence-electron chi connectivity index (χ0n) is 13.1. The maximum atomic E-state index is 11.3. The second kappa shape index (κ2) is 10.6. The molecule has 0 aromatic heterocycles. The highest BCUT2D eigenvalue weighted by Crippen LogP contribution is 1.97. The molecule has 0 saturated heterocycles. The molecule has 0 aliphatic carbocycles. The summed E-state index contributed by atoms with van der Waals surface area (Å²) in [5.74, 6) is -1.20. The molecule has 23 heavy (non-hydrogen) atoms. The lowest BCUT2D eigenvalue weighted by Crippen LogP contribution is -2.28. The van der Waals surface area contributed by atoms with Crippen LogP contribution in [0.2, 0.25) is 0 Å². The molecule has 0 fully saturated rings. The molecule has 0 aliphatic heterocycles. The maximum absolute atomic E-state index is 11.3. The molecule has 0 heterocycles. The summed E-state index contributed by atoms with van der Waals surface area (Å²) >= 11 is 0. The van der Waals surface area contributed by atoms with E-state index in [1.54, 1.807) is 38.4 Å². The van der Waals surface area contributed by atoms with Gasteiger partial charge in [-0.2, -0.15) is 4.99 Å². The minimum atomic E-state index is -0.918. The van der Waals surface area contributed by atoms with Gasteiger partial charge in [-0.3, -0.25) is 15.0 Å². The van der Waals surface area contributed by atoms with Crippen LogP contribution < -0.4 is 16.8 Å². The first kappa shape index (κ1) is 19.9. The third-order valence-electron chi connectivity index (χ3n) is 2.32. The van der Waals surface area contributed by atoms with Crippen molar-refractivity contribution in [3.8, 4) is 0 Å². The Kier molecular flexibility index (Phi) is 9.17. The fraction of sp³-hybridized carbons (Fsp3) is 0.286. The van der Waals surface area contributed by atoms with Gasteiger partial charge in [0.25, 0.3) is 5.91 Å². The Morgan fingerprint density at radius 3 is 2.22 bits per heavy atom. The van der Waals surface area contributed by atoms with Crippen molar-refractivity contribution in [3.63, 3.8) is 0 Å². The standard InChI is InChI=1S/C10H11NO3.C4H11N5/c12-9(13)6-7-11-10(14)8-4-2-1-3-5-8;1-9(2)4(7)8-3(5)6/h1-5H,6-7H2,(H,11,14)(H,12,13);1-2H3,(H5,5,6,7,8). The number of amides is 1. The number of carboxylic acids is 1. The van der Waals surface area contributed by atoms with Gasteiger partial charge in [0, 0.05) is 26.2 Å². The Labute approximate surface area is 134 Å². The molecule has 0 unspecified atom stereocenters. The number of aliphatic carboxylic acids is 1. The van der Waals surface area contributed by atoms with E-state index in [1.165, 1.54) is 4.90 Å². The SMILES string of the molecule is CN(C)C(=N)N=C(N)N.O=C(O)CCNC(=O)c1ccccc1. The second-order valence-corrected chi connectivity index (χ2v) is 4.52. The Balaban J connectivity index is 0.000000468. The second-order valence-electron chi connectivity index (χ2n) is 4.52. The summed E-state index contributed by atoms with van der Waals surface area (Å²) in [7, 11) is 3.38. The van der Waals surface area contributed by atoms with E-state index in [-0.39, 0.29) is 30.8 Å². The van der Waals surface area contributed by atoms with Crippen LogP contribution in [-0.2, 0) is 4.79 Å². The lowest BCUT2D eigenvalue weighted by atomic mass is 10.2. The Morgan fingerprint density at radius 2 is 1.83 bits per heavy atom. The molecule has 1 aromatic carbocycles. The lowest BCUT2D eigenvalue weighted by molar-refractivity contribution is -0.136. The fourth-order valence-corrected chi connectivity index (χ4v) is 1.20. The summed E-state index contributed by atoms with van der Waals surface area (Å²) in [5, 5.41) is 17.9. The molecule has 1 aromatic rings. The highest BCUT2D eigenvalue weighted by atomic mass is 16.4. The van der Waals surface area contributed by atoms with Crippen LogP contribution in [0.1, 0.15) is 16.8 Å². The van der Waals surface area contributed by atoms with E-state index in [2.05, 4.69) is 10.3 Å². The van der Waals surface area contributed by atoms with Crippen molar-refractivity contribution in [3.05, 3.63) is 35.9 Å². The molecule has 126 valence electrons. The van der Waals surface area contributed by atoms with Crippen molar-refractivity contribution in [2.75, 3.05) is 20.6 Å². The van der Waals surface area contributed by atoms with E-state index in [4.69, 9.17) is 22.0 Å². The smallest absolute Gasteiger partial charge is 0.305 e.